The molecule has 0 aromatic heterocycles. The van der Waals surface area contributed by atoms with Gasteiger partial charge in [-0.05, 0) is 38.4 Å². The lowest BCUT2D eigenvalue weighted by atomic mass is 10.2. The van der Waals surface area contributed by atoms with Crippen molar-refractivity contribution in [2.75, 3.05) is 64.9 Å². The van der Waals surface area contributed by atoms with Crippen molar-refractivity contribution in [3.05, 3.63) is 30.3 Å². The molecule has 146 valence electrons. The number of piperazine rings is 1. The Morgan fingerprint density at radius 3 is 2.54 bits per heavy atom. The smallest absolute Gasteiger partial charge is 0.191 e. The first-order chi connectivity index (χ1) is 12.7. The van der Waals surface area contributed by atoms with Gasteiger partial charge in [0.05, 0.1) is 6.61 Å². The van der Waals surface area contributed by atoms with Crippen LogP contribution in [-0.2, 0) is 4.74 Å². The van der Waals surface area contributed by atoms with E-state index in [0.717, 1.165) is 45.1 Å². The maximum atomic E-state index is 5.14. The number of guanidine groups is 1. The molecule has 2 N–H and O–H groups in total. The summed E-state index contributed by atoms with van der Waals surface area (Å²) < 4.78 is 5.14. The van der Waals surface area contributed by atoms with Crippen LogP contribution in [0.1, 0.15) is 19.8 Å². The molecular formula is C20H35N5O. The number of para-hydroxylation sites is 1. The van der Waals surface area contributed by atoms with Crippen LogP contribution in [0.2, 0.25) is 0 Å². The van der Waals surface area contributed by atoms with E-state index in [-0.39, 0.29) is 6.04 Å². The lowest BCUT2D eigenvalue weighted by Crippen LogP contribution is -2.47. The van der Waals surface area contributed by atoms with Crippen LogP contribution in [0.4, 0.5) is 5.69 Å². The molecule has 0 bridgehead atoms. The zero-order valence-corrected chi connectivity index (χ0v) is 16.6. The Labute approximate surface area is 158 Å². The number of anilines is 1. The zero-order valence-electron chi connectivity index (χ0n) is 16.6. The number of nitrogens with zero attached hydrogens (tertiary/aromatic N) is 3. The van der Waals surface area contributed by atoms with Gasteiger partial charge in [0, 0.05) is 58.6 Å². The van der Waals surface area contributed by atoms with Gasteiger partial charge in [0.1, 0.15) is 0 Å². The lowest BCUT2D eigenvalue weighted by molar-refractivity contribution is 0.179. The molecule has 1 aliphatic rings. The van der Waals surface area contributed by atoms with E-state index >= 15 is 0 Å². The standard InChI is InChI=1S/C20H35N5O/c1-18(17-26-3)23-20(21-2)22-11-7-8-12-24-13-15-25(16-14-24)19-9-5-4-6-10-19/h4-6,9-10,18H,7-8,11-17H2,1-3H3,(H2,21,22,23). The Balaban J connectivity index is 1.55. The van der Waals surface area contributed by atoms with Crippen LogP contribution in [0.3, 0.4) is 0 Å². The van der Waals surface area contributed by atoms with E-state index in [1.54, 1.807) is 14.2 Å². The number of rotatable bonds is 9. The summed E-state index contributed by atoms with van der Waals surface area (Å²) in [5, 5.41) is 6.71. The van der Waals surface area contributed by atoms with Crippen LogP contribution in [-0.4, -0.2) is 76.9 Å². The normalized spacial score (nSPS) is 17.2. The summed E-state index contributed by atoms with van der Waals surface area (Å²) in [4.78, 5) is 9.32. The Bertz CT molecular complexity index is 514. The average Bonchev–Trinajstić information content (AvgIpc) is 2.68. The first kappa shape index (κ1) is 20.5. The molecule has 0 amide bonds. The first-order valence-electron chi connectivity index (χ1n) is 9.71. The third-order valence-electron chi connectivity index (χ3n) is 4.71. The van der Waals surface area contributed by atoms with Gasteiger partial charge >= 0.3 is 0 Å². The lowest BCUT2D eigenvalue weighted by Gasteiger charge is -2.36. The number of hydrogen-bond donors (Lipinski definition) is 2. The number of nitrogens with one attached hydrogen (secondary N) is 2. The summed E-state index contributed by atoms with van der Waals surface area (Å²) in [5.41, 5.74) is 1.35. The molecule has 1 fully saturated rings. The van der Waals surface area contributed by atoms with E-state index in [1.807, 2.05) is 0 Å². The van der Waals surface area contributed by atoms with E-state index in [9.17, 15) is 0 Å². The number of benzene rings is 1. The molecule has 0 saturated carbocycles. The van der Waals surface area contributed by atoms with Crippen molar-refractivity contribution in [2.45, 2.75) is 25.8 Å². The van der Waals surface area contributed by atoms with Crippen LogP contribution in [0.25, 0.3) is 0 Å². The van der Waals surface area contributed by atoms with E-state index in [0.29, 0.717) is 6.61 Å². The molecule has 6 heteroatoms. The molecule has 1 saturated heterocycles. The van der Waals surface area contributed by atoms with Gasteiger partial charge in [-0.3, -0.25) is 9.89 Å². The molecule has 0 radical (unpaired) electrons. The SMILES string of the molecule is CN=C(NCCCCN1CCN(c2ccccc2)CC1)NC(C)COC. The summed E-state index contributed by atoms with van der Waals surface area (Å²) in [6.45, 7) is 9.44. The number of unbranched alkanes of at least 4 members (excludes halogenated alkanes) is 1. The number of hydrogen-bond acceptors (Lipinski definition) is 4. The van der Waals surface area contributed by atoms with Gasteiger partial charge in [-0.2, -0.15) is 0 Å². The highest BCUT2D eigenvalue weighted by atomic mass is 16.5. The molecule has 1 atom stereocenters. The van der Waals surface area contributed by atoms with E-state index in [4.69, 9.17) is 4.74 Å². The van der Waals surface area contributed by atoms with Crippen molar-refractivity contribution in [1.82, 2.24) is 15.5 Å². The quantitative estimate of drug-likeness (QED) is 0.399. The second-order valence-electron chi connectivity index (χ2n) is 6.87. The zero-order chi connectivity index (χ0) is 18.6. The van der Waals surface area contributed by atoms with Gasteiger partial charge in [0.15, 0.2) is 5.96 Å². The van der Waals surface area contributed by atoms with Crippen molar-refractivity contribution in [1.29, 1.82) is 0 Å². The molecule has 2 rings (SSSR count). The Morgan fingerprint density at radius 1 is 1.15 bits per heavy atom. The van der Waals surface area contributed by atoms with Crippen LogP contribution in [0.5, 0.6) is 0 Å². The number of aliphatic imine (C=N–C) groups is 1. The highest BCUT2D eigenvalue weighted by molar-refractivity contribution is 5.79. The third-order valence-corrected chi connectivity index (χ3v) is 4.71. The van der Waals surface area contributed by atoms with Crippen molar-refractivity contribution >= 4 is 11.6 Å². The molecular weight excluding hydrogens is 326 g/mol. The number of methoxy groups -OCH3 is 1. The van der Waals surface area contributed by atoms with Crippen molar-refractivity contribution < 1.29 is 4.74 Å². The van der Waals surface area contributed by atoms with Gasteiger partial charge in [-0.1, -0.05) is 18.2 Å². The average molecular weight is 362 g/mol. The highest BCUT2D eigenvalue weighted by Crippen LogP contribution is 2.15. The Hall–Kier alpha value is -1.79. The predicted molar refractivity (Wildman–Crippen MR) is 110 cm³/mol. The summed E-state index contributed by atoms with van der Waals surface area (Å²) in [5.74, 6) is 0.853. The second kappa shape index (κ2) is 11.8. The Morgan fingerprint density at radius 2 is 1.88 bits per heavy atom. The number of ether oxygens (including phenoxy) is 1. The molecule has 1 heterocycles. The van der Waals surface area contributed by atoms with E-state index in [2.05, 4.69) is 62.7 Å². The fraction of sp³-hybridized carbons (Fsp3) is 0.650. The second-order valence-corrected chi connectivity index (χ2v) is 6.87. The van der Waals surface area contributed by atoms with Gasteiger partial charge in [-0.15, -0.1) is 0 Å². The summed E-state index contributed by atoms with van der Waals surface area (Å²) in [6, 6.07) is 11.0. The van der Waals surface area contributed by atoms with Crippen LogP contribution in [0, 0.1) is 0 Å². The first-order valence-corrected chi connectivity index (χ1v) is 9.71. The molecule has 1 aromatic rings. The molecule has 6 nitrogen and oxygen atoms in total. The summed E-state index contributed by atoms with van der Waals surface area (Å²) in [6.07, 6.45) is 2.36. The van der Waals surface area contributed by atoms with Crippen molar-refractivity contribution in [3.8, 4) is 0 Å². The molecule has 1 aliphatic heterocycles. The van der Waals surface area contributed by atoms with Gasteiger partial charge in [0.25, 0.3) is 0 Å². The van der Waals surface area contributed by atoms with E-state index in [1.165, 1.54) is 18.7 Å². The maximum absolute atomic E-state index is 5.14. The fourth-order valence-corrected chi connectivity index (χ4v) is 3.26. The molecule has 0 aliphatic carbocycles. The van der Waals surface area contributed by atoms with Crippen molar-refractivity contribution in [3.63, 3.8) is 0 Å². The highest BCUT2D eigenvalue weighted by Gasteiger charge is 2.16. The predicted octanol–water partition coefficient (Wildman–Crippen LogP) is 1.79. The monoisotopic (exact) mass is 361 g/mol. The van der Waals surface area contributed by atoms with Gasteiger partial charge in [-0.25, -0.2) is 0 Å². The minimum Gasteiger partial charge on any atom is -0.383 e. The minimum absolute atomic E-state index is 0.257. The van der Waals surface area contributed by atoms with E-state index < -0.39 is 0 Å². The fourth-order valence-electron chi connectivity index (χ4n) is 3.26. The molecule has 1 aromatic carbocycles. The molecule has 0 spiro atoms. The largest absolute Gasteiger partial charge is 0.383 e. The van der Waals surface area contributed by atoms with Crippen LogP contribution < -0.4 is 15.5 Å². The van der Waals surface area contributed by atoms with Gasteiger partial charge < -0.3 is 20.3 Å². The maximum Gasteiger partial charge on any atom is 0.191 e. The molecule has 1 unspecified atom stereocenters. The third kappa shape index (κ3) is 7.22. The van der Waals surface area contributed by atoms with Crippen molar-refractivity contribution in [2.24, 2.45) is 4.99 Å². The van der Waals surface area contributed by atoms with Crippen LogP contribution in [0.15, 0.2) is 35.3 Å². The minimum atomic E-state index is 0.257. The summed E-state index contributed by atoms with van der Waals surface area (Å²) in [7, 11) is 3.52. The molecule has 26 heavy (non-hydrogen) atoms. The van der Waals surface area contributed by atoms with Gasteiger partial charge in [0.2, 0.25) is 0 Å². The van der Waals surface area contributed by atoms with Crippen LogP contribution >= 0.6 is 0 Å². The summed E-state index contributed by atoms with van der Waals surface area (Å²) >= 11 is 0. The Kier molecular flexibility index (Phi) is 9.28. The topological polar surface area (TPSA) is 52.1 Å².